The van der Waals surface area contributed by atoms with E-state index in [1.54, 1.807) is 43.8 Å². The highest BCUT2D eigenvalue weighted by Crippen LogP contribution is 2.30. The smallest absolute Gasteiger partial charge is 0.164 e. The van der Waals surface area contributed by atoms with Crippen molar-refractivity contribution in [2.75, 3.05) is 12.4 Å². The number of methoxy groups -OCH3 is 1. The van der Waals surface area contributed by atoms with Crippen LogP contribution < -0.4 is 10.1 Å². The summed E-state index contributed by atoms with van der Waals surface area (Å²) in [5, 5.41) is 3.99. The number of halogens is 2. The number of nitrogens with one attached hydrogen (secondary N) is 1. The minimum atomic E-state index is 0.320. The van der Waals surface area contributed by atoms with Crippen molar-refractivity contribution >= 4 is 34.7 Å². The molecule has 0 atom stereocenters. The second-order valence-electron chi connectivity index (χ2n) is 4.61. The van der Waals surface area contributed by atoms with Crippen LogP contribution in [0.2, 0.25) is 10.2 Å². The molecule has 0 aliphatic heterocycles. The molecule has 0 aliphatic rings. The van der Waals surface area contributed by atoms with Gasteiger partial charge in [0, 0.05) is 30.1 Å². The lowest BCUT2D eigenvalue weighted by Gasteiger charge is -2.11. The lowest BCUT2D eigenvalue weighted by atomic mass is 10.2. The van der Waals surface area contributed by atoms with Gasteiger partial charge < -0.3 is 10.1 Å². The molecule has 7 heteroatoms. The number of hydrogen-bond acceptors (Lipinski definition) is 5. The van der Waals surface area contributed by atoms with Crippen LogP contribution in [-0.4, -0.2) is 22.1 Å². The van der Waals surface area contributed by atoms with Crippen molar-refractivity contribution in [1.82, 2.24) is 15.0 Å². The molecular weight excluding hydrogens is 335 g/mol. The molecule has 2 aromatic heterocycles. The zero-order valence-corrected chi connectivity index (χ0v) is 13.6. The highest BCUT2D eigenvalue weighted by molar-refractivity contribution is 6.33. The summed E-state index contributed by atoms with van der Waals surface area (Å²) in [5.41, 5.74) is 1.44. The van der Waals surface area contributed by atoms with Crippen LogP contribution in [0, 0.1) is 0 Å². The fourth-order valence-electron chi connectivity index (χ4n) is 1.97. The van der Waals surface area contributed by atoms with Gasteiger partial charge in [0.05, 0.1) is 17.8 Å². The molecule has 0 radical (unpaired) electrons. The van der Waals surface area contributed by atoms with Crippen LogP contribution in [0.4, 0.5) is 11.5 Å². The number of hydrogen-bond donors (Lipinski definition) is 1. The molecule has 5 nitrogen and oxygen atoms in total. The molecule has 3 aromatic rings. The number of aromatic nitrogens is 3. The molecule has 0 saturated carbocycles. The van der Waals surface area contributed by atoms with Crippen molar-refractivity contribution in [2.45, 2.75) is 0 Å². The van der Waals surface area contributed by atoms with Gasteiger partial charge in [-0.05, 0) is 24.3 Å². The van der Waals surface area contributed by atoms with E-state index in [9.17, 15) is 0 Å². The summed E-state index contributed by atoms with van der Waals surface area (Å²) in [6, 6.07) is 10.6. The number of rotatable bonds is 4. The molecule has 23 heavy (non-hydrogen) atoms. The Balaban J connectivity index is 1.96. The van der Waals surface area contributed by atoms with E-state index in [-0.39, 0.29) is 0 Å². The van der Waals surface area contributed by atoms with Crippen LogP contribution in [0.3, 0.4) is 0 Å². The number of ether oxygens (including phenoxy) is 1. The maximum Gasteiger partial charge on any atom is 0.164 e. The number of pyridine rings is 1. The first-order chi connectivity index (χ1) is 11.2. The van der Waals surface area contributed by atoms with E-state index < -0.39 is 0 Å². The molecule has 0 aliphatic carbocycles. The molecule has 1 aromatic carbocycles. The fourth-order valence-corrected chi connectivity index (χ4v) is 2.32. The first-order valence-electron chi connectivity index (χ1n) is 6.71. The highest BCUT2D eigenvalue weighted by Gasteiger charge is 2.09. The molecule has 0 fully saturated rings. The van der Waals surface area contributed by atoms with E-state index in [1.165, 1.54) is 0 Å². The van der Waals surface area contributed by atoms with Crippen molar-refractivity contribution in [3.05, 3.63) is 59.0 Å². The van der Waals surface area contributed by atoms with E-state index >= 15 is 0 Å². The minimum absolute atomic E-state index is 0.320. The van der Waals surface area contributed by atoms with Crippen molar-refractivity contribution < 1.29 is 4.74 Å². The molecule has 0 spiro atoms. The Morgan fingerprint density at radius 2 is 1.96 bits per heavy atom. The minimum Gasteiger partial charge on any atom is -0.497 e. The van der Waals surface area contributed by atoms with Gasteiger partial charge in [0.15, 0.2) is 5.82 Å². The summed E-state index contributed by atoms with van der Waals surface area (Å²) in [6.45, 7) is 0. The summed E-state index contributed by atoms with van der Waals surface area (Å²) in [5.74, 6) is 1.69. The zero-order valence-electron chi connectivity index (χ0n) is 12.1. The van der Waals surface area contributed by atoms with Gasteiger partial charge in [0.25, 0.3) is 0 Å². The maximum atomic E-state index is 6.20. The van der Waals surface area contributed by atoms with E-state index in [1.807, 2.05) is 12.1 Å². The summed E-state index contributed by atoms with van der Waals surface area (Å²) in [4.78, 5) is 12.7. The lowest BCUT2D eigenvalue weighted by Crippen LogP contribution is -1.99. The monoisotopic (exact) mass is 346 g/mol. The van der Waals surface area contributed by atoms with Crippen LogP contribution >= 0.6 is 23.2 Å². The first kappa shape index (κ1) is 15.5. The van der Waals surface area contributed by atoms with Crippen molar-refractivity contribution in [2.24, 2.45) is 0 Å². The van der Waals surface area contributed by atoms with Gasteiger partial charge in [-0.2, -0.15) is 0 Å². The Kier molecular flexibility index (Phi) is 4.60. The third kappa shape index (κ3) is 3.70. The summed E-state index contributed by atoms with van der Waals surface area (Å²) in [7, 11) is 1.59. The molecule has 2 heterocycles. The van der Waals surface area contributed by atoms with Gasteiger partial charge >= 0.3 is 0 Å². The van der Waals surface area contributed by atoms with Gasteiger partial charge in [-0.25, -0.2) is 9.97 Å². The van der Waals surface area contributed by atoms with Gasteiger partial charge in [-0.15, -0.1) is 0 Å². The Labute approximate surface area is 143 Å². The number of nitrogens with zero attached hydrogens (tertiary/aromatic N) is 3. The van der Waals surface area contributed by atoms with E-state index in [0.29, 0.717) is 33.3 Å². The average molecular weight is 347 g/mol. The lowest BCUT2D eigenvalue weighted by molar-refractivity contribution is 0.415. The molecule has 0 saturated heterocycles. The van der Waals surface area contributed by atoms with Crippen molar-refractivity contribution in [3.8, 4) is 17.1 Å². The summed E-state index contributed by atoms with van der Waals surface area (Å²) < 4.78 is 5.20. The predicted octanol–water partition coefficient (Wildman–Crippen LogP) is 4.60. The van der Waals surface area contributed by atoms with Crippen LogP contribution in [-0.2, 0) is 0 Å². The Morgan fingerprint density at radius 3 is 2.70 bits per heavy atom. The normalized spacial score (nSPS) is 10.4. The Hall–Kier alpha value is -2.37. The molecule has 0 unspecified atom stereocenters. The van der Waals surface area contributed by atoms with Gasteiger partial charge in [0.1, 0.15) is 16.7 Å². The van der Waals surface area contributed by atoms with Gasteiger partial charge in [0.2, 0.25) is 0 Å². The molecule has 0 amide bonds. The SMILES string of the molecule is COc1ccc(Cl)c(Nc2cc(Cl)nc(-c3cccnc3)n2)c1. The molecular formula is C16H12Cl2N4O. The molecule has 1 N–H and O–H groups in total. The van der Waals surface area contributed by atoms with Crippen LogP contribution in [0.5, 0.6) is 5.75 Å². The van der Waals surface area contributed by atoms with Crippen molar-refractivity contribution in [1.29, 1.82) is 0 Å². The predicted molar refractivity (Wildman–Crippen MR) is 91.6 cm³/mol. The largest absolute Gasteiger partial charge is 0.497 e. The van der Waals surface area contributed by atoms with Gasteiger partial charge in [-0.3, -0.25) is 4.98 Å². The van der Waals surface area contributed by atoms with E-state index in [2.05, 4.69) is 20.3 Å². The fraction of sp³-hybridized carbons (Fsp3) is 0.0625. The standard InChI is InChI=1S/C16H12Cl2N4O/c1-23-11-4-5-12(17)13(7-11)20-15-8-14(18)21-16(22-15)10-3-2-6-19-9-10/h2-9H,1H3,(H,20,21,22). The maximum absolute atomic E-state index is 6.20. The zero-order chi connectivity index (χ0) is 16.2. The van der Waals surface area contributed by atoms with Crippen LogP contribution in [0.15, 0.2) is 48.8 Å². The third-order valence-electron chi connectivity index (χ3n) is 3.05. The summed E-state index contributed by atoms with van der Waals surface area (Å²) in [6.07, 6.45) is 3.36. The first-order valence-corrected chi connectivity index (χ1v) is 7.47. The second kappa shape index (κ2) is 6.81. The van der Waals surface area contributed by atoms with Crippen molar-refractivity contribution in [3.63, 3.8) is 0 Å². The Morgan fingerprint density at radius 1 is 1.09 bits per heavy atom. The van der Waals surface area contributed by atoms with E-state index in [0.717, 1.165) is 5.56 Å². The molecule has 116 valence electrons. The number of benzene rings is 1. The highest BCUT2D eigenvalue weighted by atomic mass is 35.5. The van der Waals surface area contributed by atoms with Gasteiger partial charge in [-0.1, -0.05) is 23.2 Å². The molecule has 0 bridgehead atoms. The second-order valence-corrected chi connectivity index (χ2v) is 5.41. The molecule has 3 rings (SSSR count). The number of anilines is 2. The van der Waals surface area contributed by atoms with Crippen LogP contribution in [0.25, 0.3) is 11.4 Å². The summed E-state index contributed by atoms with van der Waals surface area (Å²) >= 11 is 12.3. The van der Waals surface area contributed by atoms with E-state index in [4.69, 9.17) is 27.9 Å². The topological polar surface area (TPSA) is 59.9 Å². The average Bonchev–Trinajstić information content (AvgIpc) is 2.57. The third-order valence-corrected chi connectivity index (χ3v) is 3.57. The Bertz CT molecular complexity index is 828. The van der Waals surface area contributed by atoms with Crippen LogP contribution in [0.1, 0.15) is 0 Å². The quantitative estimate of drug-likeness (QED) is 0.699.